The van der Waals surface area contributed by atoms with Gasteiger partial charge in [0.2, 0.25) is 0 Å². The third-order valence-corrected chi connectivity index (χ3v) is 2.72. The Morgan fingerprint density at radius 2 is 2.08 bits per heavy atom. The highest BCUT2D eigenvalue weighted by molar-refractivity contribution is 7.83. The highest BCUT2D eigenvalue weighted by atomic mass is 35.7. The second kappa shape index (κ2) is 3.61. The molecule has 1 rings (SSSR count). The van der Waals surface area contributed by atoms with Crippen molar-refractivity contribution in [2.45, 2.75) is 13.1 Å². The third kappa shape index (κ3) is 2.98. The molecule has 2 nitrogen and oxygen atoms in total. The molecule has 1 N–H and O–H groups in total. The molecule has 0 aromatic heterocycles. The maximum Gasteiger partial charge on any atom is 0.291 e. The zero-order valence-corrected chi connectivity index (χ0v) is 8.35. The molecule has 0 aliphatic heterocycles. The van der Waals surface area contributed by atoms with Gasteiger partial charge in [-0.2, -0.15) is 0 Å². The molecule has 0 aliphatic carbocycles. The van der Waals surface area contributed by atoms with Crippen LogP contribution in [0.25, 0.3) is 0 Å². The molecule has 0 aliphatic rings. The largest absolute Gasteiger partial charge is 0.333 e. The third-order valence-electron chi connectivity index (χ3n) is 1.63. The Kier molecular flexibility index (Phi) is 2.94. The maximum atomic E-state index is 10.9. The van der Waals surface area contributed by atoms with E-state index in [-0.39, 0.29) is 6.16 Å². The summed E-state index contributed by atoms with van der Waals surface area (Å²) >= 11 is 5.25. The Balaban J connectivity index is 2.90. The van der Waals surface area contributed by atoms with Crippen LogP contribution in [0.3, 0.4) is 0 Å². The van der Waals surface area contributed by atoms with Crippen LogP contribution < -0.4 is 0 Å². The second-order valence-corrected chi connectivity index (χ2v) is 5.83. The van der Waals surface area contributed by atoms with Gasteiger partial charge in [0.1, 0.15) is 0 Å². The molecule has 1 aromatic rings. The molecule has 0 heterocycles. The Bertz CT molecular complexity index is 319. The molecular weight excluding hydrogens is 195 g/mol. The van der Waals surface area contributed by atoms with Crippen molar-refractivity contribution in [1.29, 1.82) is 0 Å². The first-order chi connectivity index (χ1) is 5.49. The predicted molar refractivity (Wildman–Crippen MR) is 50.6 cm³/mol. The van der Waals surface area contributed by atoms with E-state index in [1.807, 2.05) is 25.1 Å². The quantitative estimate of drug-likeness (QED) is 0.752. The number of halogens is 1. The molecule has 0 bridgehead atoms. The fourth-order valence-electron chi connectivity index (χ4n) is 0.998. The van der Waals surface area contributed by atoms with Crippen LogP contribution in [-0.2, 0) is 10.7 Å². The van der Waals surface area contributed by atoms with Crippen LogP contribution in [0, 0.1) is 6.92 Å². The van der Waals surface area contributed by atoms with Crippen LogP contribution in [-0.4, -0.2) is 4.89 Å². The Labute approximate surface area is 76.4 Å². The number of aryl methyl sites for hydroxylation is 1. The van der Waals surface area contributed by atoms with E-state index >= 15 is 0 Å². The highest BCUT2D eigenvalue weighted by Gasteiger charge is 2.14. The SMILES string of the molecule is Cc1ccccc1CP(=O)(O)Cl. The molecule has 1 aromatic carbocycles. The number of hydrogen-bond acceptors (Lipinski definition) is 1. The molecule has 12 heavy (non-hydrogen) atoms. The van der Waals surface area contributed by atoms with E-state index in [1.54, 1.807) is 6.07 Å². The lowest BCUT2D eigenvalue weighted by Crippen LogP contribution is -1.86. The second-order valence-electron chi connectivity index (χ2n) is 2.70. The van der Waals surface area contributed by atoms with Crippen molar-refractivity contribution >= 4 is 18.0 Å². The monoisotopic (exact) mass is 204 g/mol. The van der Waals surface area contributed by atoms with Gasteiger partial charge in [0, 0.05) is 0 Å². The zero-order chi connectivity index (χ0) is 9.19. The first-order valence-electron chi connectivity index (χ1n) is 3.55. The summed E-state index contributed by atoms with van der Waals surface area (Å²) in [6, 6.07) is 7.41. The van der Waals surface area contributed by atoms with E-state index in [1.165, 1.54) is 0 Å². The lowest BCUT2D eigenvalue weighted by atomic mass is 10.1. The molecule has 0 saturated heterocycles. The van der Waals surface area contributed by atoms with Crippen LogP contribution in [0.5, 0.6) is 0 Å². The fourth-order valence-corrected chi connectivity index (χ4v) is 2.16. The molecule has 0 spiro atoms. The summed E-state index contributed by atoms with van der Waals surface area (Å²) in [6.45, 7) is -1.55. The number of hydrogen-bond donors (Lipinski definition) is 1. The topological polar surface area (TPSA) is 37.3 Å². The van der Waals surface area contributed by atoms with Gasteiger partial charge >= 0.3 is 0 Å². The fraction of sp³-hybridized carbons (Fsp3) is 0.250. The minimum atomic E-state index is -3.44. The van der Waals surface area contributed by atoms with E-state index in [4.69, 9.17) is 16.1 Å². The van der Waals surface area contributed by atoms with Gasteiger partial charge < -0.3 is 4.89 Å². The molecule has 0 amide bonds. The lowest BCUT2D eigenvalue weighted by Gasteiger charge is -2.05. The van der Waals surface area contributed by atoms with Gasteiger partial charge in [-0.1, -0.05) is 24.3 Å². The normalized spacial score (nSPS) is 15.6. The molecule has 1 unspecified atom stereocenters. The van der Waals surface area contributed by atoms with Crippen molar-refractivity contribution in [2.75, 3.05) is 0 Å². The average Bonchev–Trinajstić information content (AvgIpc) is 1.91. The zero-order valence-electron chi connectivity index (χ0n) is 6.70. The van der Waals surface area contributed by atoms with Crippen LogP contribution in [0.4, 0.5) is 0 Å². The molecular formula is C8H10ClO2P. The van der Waals surface area contributed by atoms with E-state index in [9.17, 15) is 4.57 Å². The van der Waals surface area contributed by atoms with Crippen molar-refractivity contribution in [3.8, 4) is 0 Å². The minimum Gasteiger partial charge on any atom is -0.333 e. The summed E-state index contributed by atoms with van der Waals surface area (Å²) in [5.41, 5.74) is 1.82. The van der Waals surface area contributed by atoms with Crippen molar-refractivity contribution in [3.05, 3.63) is 35.4 Å². The van der Waals surface area contributed by atoms with E-state index < -0.39 is 6.72 Å². The van der Waals surface area contributed by atoms with Crippen molar-refractivity contribution in [2.24, 2.45) is 0 Å². The maximum absolute atomic E-state index is 10.9. The van der Waals surface area contributed by atoms with E-state index in [2.05, 4.69) is 0 Å². The molecule has 4 heteroatoms. The molecule has 0 saturated carbocycles. The first kappa shape index (κ1) is 9.79. The van der Waals surface area contributed by atoms with Gasteiger partial charge in [-0.3, -0.25) is 4.57 Å². The summed E-state index contributed by atoms with van der Waals surface area (Å²) in [5.74, 6) is 0. The van der Waals surface area contributed by atoms with Crippen LogP contribution in [0.15, 0.2) is 24.3 Å². The molecule has 0 fully saturated rings. The summed E-state index contributed by atoms with van der Waals surface area (Å²) in [4.78, 5) is 8.92. The van der Waals surface area contributed by atoms with Crippen molar-refractivity contribution in [1.82, 2.24) is 0 Å². The Morgan fingerprint density at radius 1 is 1.50 bits per heavy atom. The lowest BCUT2D eigenvalue weighted by molar-refractivity contribution is 0.494. The van der Waals surface area contributed by atoms with Gasteiger partial charge in [0.25, 0.3) is 6.72 Å². The minimum absolute atomic E-state index is 0.0429. The summed E-state index contributed by atoms with van der Waals surface area (Å²) in [7, 11) is 0. The average molecular weight is 205 g/mol. The Morgan fingerprint density at radius 3 is 2.58 bits per heavy atom. The number of benzene rings is 1. The van der Waals surface area contributed by atoms with Gasteiger partial charge in [-0.05, 0) is 29.3 Å². The summed E-state index contributed by atoms with van der Waals surface area (Å²) in [6.07, 6.45) is 0.0429. The van der Waals surface area contributed by atoms with Crippen molar-refractivity contribution in [3.63, 3.8) is 0 Å². The van der Waals surface area contributed by atoms with Crippen LogP contribution in [0.1, 0.15) is 11.1 Å². The number of rotatable bonds is 2. The Hall–Kier alpha value is -0.300. The summed E-state index contributed by atoms with van der Waals surface area (Å²) in [5, 5.41) is 0. The molecule has 0 radical (unpaired) electrons. The summed E-state index contributed by atoms with van der Waals surface area (Å²) < 4.78 is 10.9. The highest BCUT2D eigenvalue weighted by Crippen LogP contribution is 2.49. The first-order valence-corrected chi connectivity index (χ1v) is 6.30. The van der Waals surface area contributed by atoms with Gasteiger partial charge in [0.15, 0.2) is 0 Å². The van der Waals surface area contributed by atoms with Gasteiger partial charge in [0.05, 0.1) is 6.16 Å². The van der Waals surface area contributed by atoms with E-state index in [0.717, 1.165) is 11.1 Å². The van der Waals surface area contributed by atoms with Crippen molar-refractivity contribution < 1.29 is 9.46 Å². The standard InChI is InChI=1S/C8H10ClO2P/c1-7-4-2-3-5-8(7)6-12(9,10)11/h2-5H,6H2,1H3,(H,10,11). The van der Waals surface area contributed by atoms with E-state index in [0.29, 0.717) is 0 Å². The van der Waals surface area contributed by atoms with Crippen LogP contribution >= 0.6 is 18.0 Å². The molecule has 66 valence electrons. The predicted octanol–water partition coefficient (Wildman–Crippen LogP) is 2.92. The van der Waals surface area contributed by atoms with Gasteiger partial charge in [-0.15, -0.1) is 0 Å². The smallest absolute Gasteiger partial charge is 0.291 e. The molecule has 1 atom stereocenters. The van der Waals surface area contributed by atoms with Gasteiger partial charge in [-0.25, -0.2) is 0 Å². The van der Waals surface area contributed by atoms with Crippen LogP contribution in [0.2, 0.25) is 0 Å².